The molecule has 4 aliphatic heterocycles. The van der Waals surface area contributed by atoms with Gasteiger partial charge < -0.3 is 0 Å². The Morgan fingerprint density at radius 3 is 0.746 bits per heavy atom. The Hall–Kier alpha value is -14.1. The van der Waals surface area contributed by atoms with E-state index < -0.39 is 0 Å². The van der Waals surface area contributed by atoms with Crippen molar-refractivity contribution >= 4 is 158 Å². The Balaban J connectivity index is 0.000000146. The summed E-state index contributed by atoms with van der Waals surface area (Å²) in [6.45, 7) is 19.2. The van der Waals surface area contributed by atoms with Crippen LogP contribution in [0.25, 0.3) is 131 Å². The molecule has 0 amide bonds. The maximum absolute atomic E-state index is 2.53. The first-order chi connectivity index (χ1) is 67.5. The van der Waals surface area contributed by atoms with Gasteiger partial charge in [0.05, 0.1) is 0 Å². The molecule has 138 heavy (non-hydrogen) atoms. The lowest BCUT2D eigenvalue weighted by Gasteiger charge is -2.36. The lowest BCUT2D eigenvalue weighted by molar-refractivity contribution is 0.639. The molecule has 0 saturated heterocycles. The predicted octanol–water partition coefficient (Wildman–Crippen LogP) is 32.5. The van der Waals surface area contributed by atoms with Crippen LogP contribution in [0.5, 0.6) is 0 Å². The van der Waals surface area contributed by atoms with Crippen LogP contribution in [-0.2, 0) is 21.7 Å². The maximum Gasteiger partial charge on any atom is 0.247 e. The molecule has 0 saturated carbocycles. The first-order valence-electron chi connectivity index (χ1n) is 48.4. The van der Waals surface area contributed by atoms with Gasteiger partial charge in [0, 0.05) is 60.8 Å². The fourth-order valence-electron chi connectivity index (χ4n) is 23.1. The third-order valence-corrected chi connectivity index (χ3v) is 35.3. The van der Waals surface area contributed by atoms with Gasteiger partial charge in [0.25, 0.3) is 0 Å². The zero-order valence-electron chi connectivity index (χ0n) is 78.5. The van der Waals surface area contributed by atoms with Crippen molar-refractivity contribution in [3.63, 3.8) is 0 Å². The molecule has 0 fully saturated rings. The van der Waals surface area contributed by atoms with Crippen LogP contribution in [0, 0.1) is 0 Å². The van der Waals surface area contributed by atoms with Crippen LogP contribution in [0.3, 0.4) is 0 Å². The second-order valence-electron chi connectivity index (χ2n) is 39.9. The third-order valence-electron chi connectivity index (χ3n) is 30.8. The number of benzene rings is 22. The van der Waals surface area contributed by atoms with Crippen molar-refractivity contribution in [2.45, 2.75) is 116 Å². The van der Waals surface area contributed by atoms with E-state index in [1.54, 1.807) is 0 Å². The molecule has 0 spiro atoms. The van der Waals surface area contributed by atoms with Crippen LogP contribution in [0.4, 0.5) is 0 Å². The summed E-state index contributed by atoms with van der Waals surface area (Å²) >= 11 is 7.85. The van der Waals surface area contributed by atoms with E-state index in [0.717, 1.165) is 0 Å². The van der Waals surface area contributed by atoms with Crippen LogP contribution in [0.15, 0.2) is 488 Å². The largest absolute Gasteiger partial charge is 0.247 e. The highest BCUT2D eigenvalue weighted by atomic mass is 32.2. The van der Waals surface area contributed by atoms with Gasteiger partial charge in [-0.05, 0) is 235 Å². The summed E-state index contributed by atoms with van der Waals surface area (Å²) in [5.41, 5.74) is 33.6. The van der Waals surface area contributed by atoms with E-state index >= 15 is 0 Å². The van der Waals surface area contributed by atoms with Gasteiger partial charge in [-0.25, -0.2) is 0 Å². The average Bonchev–Trinajstić information content (AvgIpc) is 0.710. The third kappa shape index (κ3) is 14.3. The monoisotopic (exact) mass is 1830 g/mol. The second-order valence-corrected chi connectivity index (χ2v) is 44.2. The van der Waals surface area contributed by atoms with E-state index in [-0.39, 0.29) is 35.1 Å². The minimum absolute atomic E-state index is 0.127. The quantitative estimate of drug-likeness (QED) is 0.0786. The summed E-state index contributed by atoms with van der Waals surface area (Å²) in [6, 6.07) is 169. The zero-order valence-corrected chi connectivity index (χ0v) is 81.8. The lowest BCUT2D eigenvalue weighted by atomic mass is 9.36. The molecule has 0 nitrogen and oxygen atoms in total. The number of fused-ring (bicyclic) bond motifs is 14. The normalized spacial score (nSPS) is 13.1. The molecule has 0 N–H and O–H groups in total. The van der Waals surface area contributed by atoms with Gasteiger partial charge in [0.15, 0.2) is 0 Å². The van der Waals surface area contributed by atoms with Crippen molar-refractivity contribution in [2.24, 2.45) is 0 Å². The van der Waals surface area contributed by atoms with Gasteiger partial charge in [0.1, 0.15) is 0 Å². The summed E-state index contributed by atoms with van der Waals surface area (Å²) < 4.78 is 0. The van der Waals surface area contributed by atoms with Crippen molar-refractivity contribution in [1.82, 2.24) is 0 Å². The molecule has 26 rings (SSSR count). The number of hydrogen-bond acceptors (Lipinski definition) is 4. The highest BCUT2D eigenvalue weighted by Gasteiger charge is 2.44. The van der Waals surface area contributed by atoms with Crippen molar-refractivity contribution in [1.29, 1.82) is 0 Å². The summed E-state index contributed by atoms with van der Waals surface area (Å²) in [5.74, 6) is 0. The Labute approximate surface area is 827 Å². The molecule has 4 heterocycles. The number of rotatable bonds is 14. The smallest absolute Gasteiger partial charge is 0.0911 e. The summed E-state index contributed by atoms with van der Waals surface area (Å²) in [6.07, 6.45) is 0. The molecular formula is C132H98B2S4. The Bertz CT molecular complexity index is 8310. The van der Waals surface area contributed by atoms with Crippen molar-refractivity contribution < 1.29 is 0 Å². The van der Waals surface area contributed by atoms with E-state index in [2.05, 4.69) is 504 Å². The van der Waals surface area contributed by atoms with Crippen LogP contribution in [0.1, 0.15) is 99.9 Å². The average molecular weight is 1830 g/mol. The zero-order chi connectivity index (χ0) is 92.9. The second kappa shape index (κ2) is 34.0. The van der Waals surface area contributed by atoms with Crippen LogP contribution >= 0.6 is 47.0 Å². The van der Waals surface area contributed by atoms with E-state index in [1.165, 1.54) is 248 Å². The highest BCUT2D eigenvalue weighted by Crippen LogP contribution is 2.54. The van der Waals surface area contributed by atoms with E-state index in [9.17, 15) is 0 Å². The molecule has 4 aliphatic rings. The molecular weight excluding hydrogens is 1740 g/mol. The minimum Gasteiger partial charge on any atom is -0.0911 e. The summed E-state index contributed by atoms with van der Waals surface area (Å²) in [5, 5.41) is 15.2. The van der Waals surface area contributed by atoms with Gasteiger partial charge in [-0.2, -0.15) is 0 Å². The van der Waals surface area contributed by atoms with Gasteiger partial charge in [-0.1, -0.05) is 525 Å². The fourth-order valence-corrected chi connectivity index (χ4v) is 28.2. The van der Waals surface area contributed by atoms with Crippen LogP contribution < -0.4 is 32.8 Å². The predicted molar refractivity (Wildman–Crippen MR) is 596 cm³/mol. The van der Waals surface area contributed by atoms with Gasteiger partial charge in [-0.3, -0.25) is 0 Å². The van der Waals surface area contributed by atoms with Crippen LogP contribution in [-0.4, -0.2) is 13.4 Å². The van der Waals surface area contributed by atoms with E-state index in [0.29, 0.717) is 0 Å². The summed E-state index contributed by atoms with van der Waals surface area (Å²) in [7, 11) is 0. The van der Waals surface area contributed by atoms with Crippen molar-refractivity contribution in [3.05, 3.63) is 493 Å². The molecule has 0 radical (unpaired) electrons. The number of hydrogen-bond donors (Lipinski definition) is 0. The summed E-state index contributed by atoms with van der Waals surface area (Å²) in [4.78, 5) is 10.8. The molecule has 0 unspecified atom stereocenters. The topological polar surface area (TPSA) is 0 Å². The standard InChI is InChI=1S/2C66H49BS2/c1-65(2,44-22-10-6-11-23-44)46-32-36-56-58(40-46)68-60-38-43(39-61-64(60)67(56)57-37-33-47(41-59(57)69-61)66(3,4)45-24-12-7-13-25-45)62-51-28-16-18-30-53(51)63(54-31-19-17-29-52(54)62)55-35-34-48(42-20-8-5-9-21-42)49-26-14-15-27-50(49)55;1-65(2,46-20-7-5-8-21-46)48-34-36-56-58(40-48)68-60-38-45(39-61-64(60)67(56)57-37-35-49(41-59(57)69-61)66(3,4)47-22-9-6-10-23-47)63-54-27-15-13-25-52(54)62(53-26-14-16-28-55(53)63)44-32-30-43(31-33-44)51-29-17-19-42-18-11-12-24-50(42)51/h2*5-41H,1-4H3. The molecule has 656 valence electrons. The maximum atomic E-state index is 2.53. The highest BCUT2D eigenvalue weighted by molar-refractivity contribution is 8.02. The van der Waals surface area contributed by atoms with Gasteiger partial charge in [-0.15, -0.1) is 0 Å². The van der Waals surface area contributed by atoms with Crippen LogP contribution in [0.2, 0.25) is 0 Å². The minimum atomic E-state index is -0.158. The SMILES string of the molecule is CC(C)(c1ccccc1)c1ccc2c(c1)Sc1cc(-c3c4ccccc4c(-c4ccc(-c5cccc6ccccc56)cc4)c4ccccc34)cc3c1B2c1ccc(C(C)(C)c2ccccc2)cc1S3.CC(C)(c1ccccc1)c1ccc2c(c1)Sc1cc(-c3c4ccccc4c(-c4ccc(-c5ccccc5)c5ccccc45)c4ccccc34)cc3c1B2c1ccc(C(C)(C)c2ccccc2)cc1S3. The van der Waals surface area contributed by atoms with Crippen molar-refractivity contribution in [3.8, 4) is 66.8 Å². The lowest BCUT2D eigenvalue weighted by Crippen LogP contribution is -2.58. The molecule has 6 heteroatoms. The van der Waals surface area contributed by atoms with E-state index in [1.807, 2.05) is 47.0 Å². The van der Waals surface area contributed by atoms with Gasteiger partial charge in [0.2, 0.25) is 13.4 Å². The van der Waals surface area contributed by atoms with Gasteiger partial charge >= 0.3 is 0 Å². The van der Waals surface area contributed by atoms with Crippen molar-refractivity contribution in [2.75, 3.05) is 0 Å². The Morgan fingerprint density at radius 2 is 0.406 bits per heavy atom. The molecule has 0 atom stereocenters. The molecule has 22 aromatic carbocycles. The first-order valence-corrected chi connectivity index (χ1v) is 51.6. The first kappa shape index (κ1) is 85.6. The van der Waals surface area contributed by atoms with E-state index in [4.69, 9.17) is 0 Å². The Kier molecular flexibility index (Phi) is 21.1. The fraction of sp³-hybridized carbons (Fsp3) is 0.0909. The Morgan fingerprint density at radius 1 is 0.159 bits per heavy atom. The molecule has 0 aliphatic carbocycles. The molecule has 22 aromatic rings. The molecule has 0 aromatic heterocycles. The molecule has 0 bridgehead atoms.